The molecule has 0 bridgehead atoms. The fourth-order valence-electron chi connectivity index (χ4n) is 2.67. The molecule has 1 aromatic carbocycles. The smallest absolute Gasteiger partial charge is 0.0914 e. The molecule has 1 heteroatoms. The van der Waals surface area contributed by atoms with Crippen LogP contribution in [0, 0.1) is 27.7 Å². The van der Waals surface area contributed by atoms with Crippen LogP contribution in [0.1, 0.15) is 40.3 Å². The van der Waals surface area contributed by atoms with Crippen molar-refractivity contribution in [2.75, 3.05) is 0 Å². The summed E-state index contributed by atoms with van der Waals surface area (Å²) < 4.78 is 0. The third-order valence-corrected chi connectivity index (χ3v) is 3.88. The molecule has 0 fully saturated rings. The first-order chi connectivity index (χ1) is 6.36. The second-order valence-electron chi connectivity index (χ2n) is 4.80. The minimum Gasteiger partial charge on any atom is -0.385 e. The van der Waals surface area contributed by atoms with E-state index in [0.717, 1.165) is 6.42 Å². The summed E-state index contributed by atoms with van der Waals surface area (Å²) in [6.45, 7) is 10.5. The number of aliphatic hydroxyl groups is 1. The molecule has 0 radical (unpaired) electrons. The molecule has 0 spiro atoms. The molecule has 0 aliphatic heterocycles. The van der Waals surface area contributed by atoms with Crippen molar-refractivity contribution >= 4 is 0 Å². The minimum atomic E-state index is -0.581. The van der Waals surface area contributed by atoms with Crippen molar-refractivity contribution < 1.29 is 5.11 Å². The highest BCUT2D eigenvalue weighted by molar-refractivity contribution is 5.57. The van der Waals surface area contributed by atoms with Gasteiger partial charge in [-0.3, -0.25) is 0 Å². The van der Waals surface area contributed by atoms with E-state index in [9.17, 15) is 5.11 Å². The van der Waals surface area contributed by atoms with E-state index in [2.05, 4.69) is 27.7 Å². The van der Waals surface area contributed by atoms with Gasteiger partial charge in [0.05, 0.1) is 5.60 Å². The van der Waals surface area contributed by atoms with Crippen molar-refractivity contribution in [3.63, 3.8) is 0 Å². The Morgan fingerprint density at radius 2 is 1.43 bits per heavy atom. The summed E-state index contributed by atoms with van der Waals surface area (Å²) in [4.78, 5) is 0. The van der Waals surface area contributed by atoms with Gasteiger partial charge in [-0.15, -0.1) is 0 Å². The lowest BCUT2D eigenvalue weighted by Crippen LogP contribution is -2.38. The molecule has 1 aliphatic rings. The van der Waals surface area contributed by atoms with Gasteiger partial charge in [-0.25, -0.2) is 0 Å². The molecule has 0 heterocycles. The predicted octanol–water partition coefficient (Wildman–Crippen LogP) is 2.68. The summed E-state index contributed by atoms with van der Waals surface area (Å²) in [5.74, 6) is 0. The summed E-state index contributed by atoms with van der Waals surface area (Å²) in [5.41, 5.74) is 7.34. The van der Waals surface area contributed by atoms with Crippen LogP contribution >= 0.6 is 0 Å². The van der Waals surface area contributed by atoms with Gasteiger partial charge in [0.1, 0.15) is 0 Å². The Balaban J connectivity index is 2.77. The molecule has 1 atom stereocenters. The highest BCUT2D eigenvalue weighted by atomic mass is 16.3. The summed E-state index contributed by atoms with van der Waals surface area (Å²) in [6.07, 6.45) is 0.816. The number of fused-ring (bicyclic) bond motifs is 1. The fraction of sp³-hybridized carbons (Fsp3) is 0.538. The molecule has 14 heavy (non-hydrogen) atoms. The molecule has 2 rings (SSSR count). The largest absolute Gasteiger partial charge is 0.385 e. The molecule has 1 aliphatic carbocycles. The number of rotatable bonds is 0. The maximum Gasteiger partial charge on any atom is 0.0914 e. The van der Waals surface area contributed by atoms with Crippen LogP contribution in [-0.4, -0.2) is 5.11 Å². The van der Waals surface area contributed by atoms with Crippen LogP contribution < -0.4 is 0 Å². The van der Waals surface area contributed by atoms with Crippen LogP contribution in [0.15, 0.2) is 0 Å². The average Bonchev–Trinajstić information content (AvgIpc) is 2.09. The Morgan fingerprint density at radius 3 is 1.93 bits per heavy atom. The third-order valence-electron chi connectivity index (χ3n) is 3.88. The maximum absolute atomic E-state index is 10.1. The van der Waals surface area contributed by atoms with Gasteiger partial charge in [0.2, 0.25) is 0 Å². The predicted molar refractivity (Wildman–Crippen MR) is 58.7 cm³/mol. The van der Waals surface area contributed by atoms with Crippen LogP contribution in [0.3, 0.4) is 0 Å². The standard InChI is InChI=1S/C13H18O/c1-7-8(2)10(4)12-11(9(7)3)6-13(12,5)14/h14H,6H2,1-5H3/t13-/m0/s1. The van der Waals surface area contributed by atoms with Crippen LogP contribution in [0.5, 0.6) is 0 Å². The second-order valence-corrected chi connectivity index (χ2v) is 4.80. The van der Waals surface area contributed by atoms with Gasteiger partial charge in [0.15, 0.2) is 0 Å². The van der Waals surface area contributed by atoms with Crippen LogP contribution in [0.25, 0.3) is 0 Å². The van der Waals surface area contributed by atoms with Crippen molar-refractivity contribution in [2.24, 2.45) is 0 Å². The molecule has 1 N–H and O–H groups in total. The Morgan fingerprint density at radius 1 is 0.929 bits per heavy atom. The number of hydrogen-bond donors (Lipinski definition) is 1. The molecule has 0 saturated carbocycles. The van der Waals surface area contributed by atoms with Gasteiger partial charge >= 0.3 is 0 Å². The van der Waals surface area contributed by atoms with Crippen molar-refractivity contribution in [1.29, 1.82) is 0 Å². The highest BCUT2D eigenvalue weighted by Crippen LogP contribution is 2.44. The molecule has 1 aromatic rings. The first-order valence-electron chi connectivity index (χ1n) is 5.18. The molecule has 1 nitrogen and oxygen atoms in total. The Bertz CT molecular complexity index is 391. The zero-order valence-corrected chi connectivity index (χ0v) is 9.65. The SMILES string of the molecule is Cc1c(C)c(C)c2c(c1C)C[C@]2(C)O. The normalized spacial score (nSPS) is 24.4. The van der Waals surface area contributed by atoms with Crippen LogP contribution in [0.2, 0.25) is 0 Å². The number of hydrogen-bond acceptors (Lipinski definition) is 1. The molecular formula is C13H18O. The van der Waals surface area contributed by atoms with E-state index in [-0.39, 0.29) is 0 Å². The molecule has 0 saturated heterocycles. The van der Waals surface area contributed by atoms with E-state index in [0.29, 0.717) is 0 Å². The van der Waals surface area contributed by atoms with E-state index in [4.69, 9.17) is 0 Å². The number of benzene rings is 1. The minimum absolute atomic E-state index is 0.581. The maximum atomic E-state index is 10.1. The Labute approximate surface area is 85.8 Å². The van der Waals surface area contributed by atoms with Gasteiger partial charge in [-0.1, -0.05) is 0 Å². The summed E-state index contributed by atoms with van der Waals surface area (Å²) in [5, 5.41) is 10.1. The molecule has 0 amide bonds. The zero-order valence-electron chi connectivity index (χ0n) is 9.65. The van der Waals surface area contributed by atoms with Gasteiger partial charge in [-0.2, -0.15) is 0 Å². The molecule has 0 unspecified atom stereocenters. The van der Waals surface area contributed by atoms with Crippen LogP contribution in [-0.2, 0) is 12.0 Å². The van der Waals surface area contributed by atoms with E-state index in [1.54, 1.807) is 0 Å². The fourth-order valence-corrected chi connectivity index (χ4v) is 2.67. The van der Waals surface area contributed by atoms with Crippen molar-refractivity contribution in [2.45, 2.75) is 46.6 Å². The zero-order chi connectivity index (χ0) is 10.7. The monoisotopic (exact) mass is 190 g/mol. The quantitative estimate of drug-likeness (QED) is 0.667. The van der Waals surface area contributed by atoms with Crippen molar-refractivity contribution in [3.05, 3.63) is 33.4 Å². The lowest BCUT2D eigenvalue weighted by molar-refractivity contribution is 0.0316. The van der Waals surface area contributed by atoms with Crippen molar-refractivity contribution in [3.8, 4) is 0 Å². The third kappa shape index (κ3) is 0.992. The van der Waals surface area contributed by atoms with Gasteiger partial charge in [0.25, 0.3) is 0 Å². The van der Waals surface area contributed by atoms with Gasteiger partial charge in [0, 0.05) is 6.42 Å². The first kappa shape index (κ1) is 9.72. The molecule has 0 aromatic heterocycles. The van der Waals surface area contributed by atoms with Crippen LogP contribution in [0.4, 0.5) is 0 Å². The van der Waals surface area contributed by atoms with E-state index in [1.165, 1.54) is 33.4 Å². The lowest BCUT2D eigenvalue weighted by Gasteiger charge is -2.40. The summed E-state index contributed by atoms with van der Waals surface area (Å²) in [7, 11) is 0. The van der Waals surface area contributed by atoms with E-state index < -0.39 is 5.60 Å². The van der Waals surface area contributed by atoms with Gasteiger partial charge in [-0.05, 0) is 68.0 Å². The summed E-state index contributed by atoms with van der Waals surface area (Å²) in [6, 6.07) is 0. The lowest BCUT2D eigenvalue weighted by atomic mass is 9.68. The topological polar surface area (TPSA) is 20.2 Å². The summed E-state index contributed by atoms with van der Waals surface area (Å²) >= 11 is 0. The van der Waals surface area contributed by atoms with E-state index in [1.807, 2.05) is 6.92 Å². The van der Waals surface area contributed by atoms with E-state index >= 15 is 0 Å². The Hall–Kier alpha value is -0.820. The highest BCUT2D eigenvalue weighted by Gasteiger charge is 2.39. The first-order valence-corrected chi connectivity index (χ1v) is 5.18. The molecule has 76 valence electrons. The van der Waals surface area contributed by atoms with Gasteiger partial charge < -0.3 is 5.11 Å². The second kappa shape index (κ2) is 2.60. The van der Waals surface area contributed by atoms with Crippen molar-refractivity contribution in [1.82, 2.24) is 0 Å². The molecular weight excluding hydrogens is 172 g/mol. The Kier molecular flexibility index (Phi) is 1.81. The average molecular weight is 190 g/mol.